The van der Waals surface area contributed by atoms with Crippen LogP contribution >= 0.6 is 0 Å². The minimum atomic E-state index is -0.640. The van der Waals surface area contributed by atoms with Gasteiger partial charge in [-0.3, -0.25) is 4.79 Å². The van der Waals surface area contributed by atoms with Gasteiger partial charge in [0.15, 0.2) is 0 Å². The van der Waals surface area contributed by atoms with Gasteiger partial charge in [-0.15, -0.1) is 0 Å². The quantitative estimate of drug-likeness (QED) is 0.772. The summed E-state index contributed by atoms with van der Waals surface area (Å²) in [4.78, 5) is 11.5. The minimum Gasteiger partial charge on any atom is -0.480 e. The van der Waals surface area contributed by atoms with Gasteiger partial charge in [0, 0.05) is 0 Å². The van der Waals surface area contributed by atoms with Crippen LogP contribution in [0, 0.1) is 11.8 Å². The van der Waals surface area contributed by atoms with Crippen LogP contribution in [0.5, 0.6) is 0 Å². The molecule has 0 aliphatic heterocycles. The van der Waals surface area contributed by atoms with Crippen LogP contribution in [0.4, 0.5) is 0 Å². The topological polar surface area (TPSA) is 49.3 Å². The summed E-state index contributed by atoms with van der Waals surface area (Å²) >= 11 is 0. The number of aliphatic carboxylic acids is 1. The molecule has 0 aromatic rings. The molecule has 0 radical (unpaired) electrons. The van der Waals surface area contributed by atoms with Gasteiger partial charge in [0.2, 0.25) is 0 Å². The summed E-state index contributed by atoms with van der Waals surface area (Å²) in [6.45, 7) is 3.07. The first kappa shape index (κ1) is 11.9. The lowest BCUT2D eigenvalue weighted by Crippen LogP contribution is -2.56. The first-order valence-corrected chi connectivity index (χ1v) is 6.61. The largest absolute Gasteiger partial charge is 0.480 e. The van der Waals surface area contributed by atoms with Gasteiger partial charge in [-0.1, -0.05) is 26.2 Å². The number of carboxylic acids is 1. The van der Waals surface area contributed by atoms with E-state index in [0.29, 0.717) is 5.92 Å². The number of carboxylic acid groups (broad SMARTS) is 1. The molecule has 92 valence electrons. The van der Waals surface area contributed by atoms with Crippen LogP contribution in [0.25, 0.3) is 0 Å². The maximum atomic E-state index is 11.5. The second-order valence-electron chi connectivity index (χ2n) is 5.77. The Morgan fingerprint density at radius 1 is 1.38 bits per heavy atom. The first-order chi connectivity index (χ1) is 7.62. The molecule has 0 bridgehead atoms. The maximum absolute atomic E-state index is 11.5. The Kier molecular flexibility index (Phi) is 3.53. The number of hydrogen-bond donors (Lipinski definition) is 2. The molecule has 2 atom stereocenters. The molecule has 2 aliphatic rings. The summed E-state index contributed by atoms with van der Waals surface area (Å²) < 4.78 is 0. The molecule has 0 saturated heterocycles. The van der Waals surface area contributed by atoms with E-state index in [1.807, 2.05) is 0 Å². The highest BCUT2D eigenvalue weighted by atomic mass is 16.4. The summed E-state index contributed by atoms with van der Waals surface area (Å²) in [7, 11) is 0. The van der Waals surface area contributed by atoms with Crippen molar-refractivity contribution in [1.29, 1.82) is 0 Å². The van der Waals surface area contributed by atoms with E-state index in [9.17, 15) is 9.90 Å². The van der Waals surface area contributed by atoms with Crippen molar-refractivity contribution in [2.75, 3.05) is 6.54 Å². The smallest absolute Gasteiger partial charge is 0.323 e. The Morgan fingerprint density at radius 2 is 2.12 bits per heavy atom. The fourth-order valence-electron chi connectivity index (χ4n) is 3.02. The van der Waals surface area contributed by atoms with Crippen LogP contribution in [0.1, 0.15) is 51.9 Å². The van der Waals surface area contributed by atoms with Crippen molar-refractivity contribution in [3.05, 3.63) is 0 Å². The number of nitrogens with one attached hydrogen (secondary N) is 1. The highest BCUT2D eigenvalue weighted by Crippen LogP contribution is 2.34. The van der Waals surface area contributed by atoms with Crippen LogP contribution in [-0.2, 0) is 4.79 Å². The van der Waals surface area contributed by atoms with Crippen molar-refractivity contribution in [1.82, 2.24) is 5.32 Å². The van der Waals surface area contributed by atoms with Gasteiger partial charge in [-0.05, 0) is 44.1 Å². The predicted octanol–water partition coefficient (Wildman–Crippen LogP) is 2.41. The van der Waals surface area contributed by atoms with E-state index in [1.54, 1.807) is 0 Å². The fourth-order valence-corrected chi connectivity index (χ4v) is 3.02. The summed E-state index contributed by atoms with van der Waals surface area (Å²) in [5.41, 5.74) is -0.618. The van der Waals surface area contributed by atoms with Crippen molar-refractivity contribution >= 4 is 5.97 Å². The lowest BCUT2D eigenvalue weighted by molar-refractivity contribution is -0.147. The third-order valence-electron chi connectivity index (χ3n) is 4.36. The Bertz CT molecular complexity index is 263. The summed E-state index contributed by atoms with van der Waals surface area (Å²) in [6.07, 6.45) is 7.71. The molecule has 2 saturated carbocycles. The van der Waals surface area contributed by atoms with Gasteiger partial charge in [0.05, 0.1) is 0 Å². The van der Waals surface area contributed by atoms with Crippen molar-refractivity contribution in [2.45, 2.75) is 57.4 Å². The van der Waals surface area contributed by atoms with E-state index in [0.717, 1.165) is 31.7 Å². The Balaban J connectivity index is 1.93. The van der Waals surface area contributed by atoms with Crippen molar-refractivity contribution in [3.8, 4) is 0 Å². The van der Waals surface area contributed by atoms with Gasteiger partial charge in [-0.2, -0.15) is 0 Å². The highest BCUT2D eigenvalue weighted by molar-refractivity contribution is 5.79. The van der Waals surface area contributed by atoms with E-state index in [4.69, 9.17) is 0 Å². The Labute approximate surface area is 97.6 Å². The molecule has 2 rings (SSSR count). The zero-order chi connectivity index (χ0) is 11.6. The number of rotatable bonds is 4. The van der Waals surface area contributed by atoms with Crippen LogP contribution in [0.3, 0.4) is 0 Å². The molecule has 2 aliphatic carbocycles. The number of hydrogen-bond acceptors (Lipinski definition) is 2. The van der Waals surface area contributed by atoms with E-state index in [2.05, 4.69) is 12.2 Å². The van der Waals surface area contributed by atoms with Crippen LogP contribution in [0.15, 0.2) is 0 Å². The van der Waals surface area contributed by atoms with Crippen LogP contribution in [-0.4, -0.2) is 23.2 Å². The van der Waals surface area contributed by atoms with Gasteiger partial charge in [0.25, 0.3) is 0 Å². The first-order valence-electron chi connectivity index (χ1n) is 6.61. The molecule has 3 heteroatoms. The summed E-state index contributed by atoms with van der Waals surface area (Å²) in [5, 5.41) is 12.8. The zero-order valence-corrected chi connectivity index (χ0v) is 10.2. The Hall–Kier alpha value is -0.570. The third kappa shape index (κ3) is 2.40. The molecule has 0 aromatic carbocycles. The third-order valence-corrected chi connectivity index (χ3v) is 4.36. The maximum Gasteiger partial charge on any atom is 0.323 e. The van der Waals surface area contributed by atoms with Gasteiger partial charge < -0.3 is 10.4 Å². The van der Waals surface area contributed by atoms with Crippen LogP contribution in [0.2, 0.25) is 0 Å². The molecule has 2 unspecified atom stereocenters. The molecular formula is C13H23NO2. The van der Waals surface area contributed by atoms with E-state index in [1.165, 1.54) is 25.7 Å². The van der Waals surface area contributed by atoms with E-state index < -0.39 is 11.5 Å². The van der Waals surface area contributed by atoms with Gasteiger partial charge >= 0.3 is 5.97 Å². The van der Waals surface area contributed by atoms with Crippen molar-refractivity contribution < 1.29 is 9.90 Å². The second kappa shape index (κ2) is 4.74. The summed E-state index contributed by atoms with van der Waals surface area (Å²) in [6, 6.07) is 0. The van der Waals surface area contributed by atoms with E-state index >= 15 is 0 Å². The molecule has 2 fully saturated rings. The minimum absolute atomic E-state index is 0.541. The van der Waals surface area contributed by atoms with Crippen LogP contribution < -0.4 is 5.32 Å². The normalized spacial score (nSPS) is 35.7. The Morgan fingerprint density at radius 3 is 2.62 bits per heavy atom. The molecule has 0 heterocycles. The highest BCUT2D eigenvalue weighted by Gasteiger charge is 2.41. The molecule has 2 N–H and O–H groups in total. The fraction of sp³-hybridized carbons (Fsp3) is 0.923. The van der Waals surface area contributed by atoms with Crippen molar-refractivity contribution in [2.24, 2.45) is 11.8 Å². The SMILES string of the molecule is CC1CCCC(NCC2CCC2)(C(=O)O)C1. The second-order valence-corrected chi connectivity index (χ2v) is 5.77. The average molecular weight is 225 g/mol. The molecule has 3 nitrogen and oxygen atoms in total. The molecular weight excluding hydrogens is 202 g/mol. The summed E-state index contributed by atoms with van der Waals surface area (Å²) in [5.74, 6) is 0.630. The molecule has 16 heavy (non-hydrogen) atoms. The van der Waals surface area contributed by atoms with E-state index in [-0.39, 0.29) is 0 Å². The van der Waals surface area contributed by atoms with Crippen molar-refractivity contribution in [3.63, 3.8) is 0 Å². The standard InChI is InChI=1S/C13H23NO2/c1-10-4-3-7-13(8-10,12(15)16)14-9-11-5-2-6-11/h10-11,14H,2-9H2,1H3,(H,15,16). The zero-order valence-electron chi connectivity index (χ0n) is 10.2. The lowest BCUT2D eigenvalue weighted by atomic mass is 9.75. The lowest BCUT2D eigenvalue weighted by Gasteiger charge is -2.39. The average Bonchev–Trinajstić information content (AvgIpc) is 2.15. The molecule has 0 spiro atoms. The molecule has 0 aromatic heterocycles. The number of carbonyl (C=O) groups is 1. The van der Waals surface area contributed by atoms with Gasteiger partial charge in [0.1, 0.15) is 5.54 Å². The predicted molar refractivity (Wildman–Crippen MR) is 63.3 cm³/mol. The monoisotopic (exact) mass is 225 g/mol. The molecule has 0 amide bonds. The van der Waals surface area contributed by atoms with Gasteiger partial charge in [-0.25, -0.2) is 0 Å².